The summed E-state index contributed by atoms with van der Waals surface area (Å²) in [6.07, 6.45) is -1.18. The predicted octanol–water partition coefficient (Wildman–Crippen LogP) is 1.46. The van der Waals surface area contributed by atoms with Gasteiger partial charge in [-0.25, -0.2) is 0 Å². The van der Waals surface area contributed by atoms with E-state index in [1.807, 2.05) is 12.1 Å². The van der Waals surface area contributed by atoms with E-state index in [-0.39, 0.29) is 30.4 Å². The standard InChI is InChI=1S/C18H23NO6/c1-5-13(20)14-15(21)16(24-3)18(25-4)19(17(14)22)10-11-6-8-12(23-2)9-7-11/h6-9,14,17,22H,5,10H2,1-4H3. The van der Waals surface area contributed by atoms with Gasteiger partial charge in [-0.1, -0.05) is 19.1 Å². The lowest BCUT2D eigenvalue weighted by Gasteiger charge is -2.38. The van der Waals surface area contributed by atoms with Crippen LogP contribution in [0.1, 0.15) is 18.9 Å². The average Bonchev–Trinajstić information content (AvgIpc) is 2.63. The number of ether oxygens (including phenoxy) is 3. The number of nitrogens with zero attached hydrogens (tertiary/aromatic N) is 1. The van der Waals surface area contributed by atoms with Crippen molar-refractivity contribution in [1.29, 1.82) is 0 Å². The van der Waals surface area contributed by atoms with Crippen LogP contribution in [0.15, 0.2) is 35.9 Å². The maximum Gasteiger partial charge on any atom is 0.239 e. The van der Waals surface area contributed by atoms with E-state index in [0.717, 1.165) is 5.56 Å². The van der Waals surface area contributed by atoms with Crippen molar-refractivity contribution in [3.63, 3.8) is 0 Å². The van der Waals surface area contributed by atoms with Gasteiger partial charge >= 0.3 is 0 Å². The molecule has 2 unspecified atom stereocenters. The van der Waals surface area contributed by atoms with Gasteiger partial charge < -0.3 is 24.2 Å². The second kappa shape index (κ2) is 8.02. The molecule has 0 bridgehead atoms. The van der Waals surface area contributed by atoms with Crippen molar-refractivity contribution in [3.05, 3.63) is 41.5 Å². The molecule has 1 aliphatic rings. The minimum Gasteiger partial charge on any atom is -0.497 e. The molecule has 0 fully saturated rings. The molecule has 0 aliphatic carbocycles. The van der Waals surface area contributed by atoms with Crippen molar-refractivity contribution >= 4 is 11.6 Å². The van der Waals surface area contributed by atoms with Crippen molar-refractivity contribution in [2.45, 2.75) is 26.1 Å². The maximum atomic E-state index is 12.5. The number of hydrogen-bond acceptors (Lipinski definition) is 7. The summed E-state index contributed by atoms with van der Waals surface area (Å²) < 4.78 is 15.6. The van der Waals surface area contributed by atoms with Gasteiger partial charge in [-0.15, -0.1) is 0 Å². The first-order valence-corrected chi connectivity index (χ1v) is 7.95. The summed E-state index contributed by atoms with van der Waals surface area (Å²) in [6, 6.07) is 7.24. The first-order chi connectivity index (χ1) is 12.0. The number of carbonyl (C=O) groups excluding carboxylic acids is 2. The van der Waals surface area contributed by atoms with Crippen LogP contribution in [0.5, 0.6) is 5.75 Å². The molecule has 0 radical (unpaired) electrons. The highest BCUT2D eigenvalue weighted by atomic mass is 16.5. The zero-order chi connectivity index (χ0) is 18.6. The number of allylic oxidation sites excluding steroid dienone is 1. The molecule has 25 heavy (non-hydrogen) atoms. The fraction of sp³-hybridized carbons (Fsp3) is 0.444. The third-order valence-electron chi connectivity index (χ3n) is 4.18. The second-order valence-corrected chi connectivity index (χ2v) is 5.59. The van der Waals surface area contributed by atoms with Crippen LogP contribution in [0, 0.1) is 5.92 Å². The molecule has 7 heteroatoms. The molecule has 1 aliphatic heterocycles. The van der Waals surface area contributed by atoms with Crippen LogP contribution in [0.4, 0.5) is 0 Å². The second-order valence-electron chi connectivity index (χ2n) is 5.59. The smallest absolute Gasteiger partial charge is 0.239 e. The average molecular weight is 349 g/mol. The number of aliphatic hydroxyl groups excluding tert-OH is 1. The molecule has 0 saturated heterocycles. The number of ketones is 2. The van der Waals surface area contributed by atoms with Crippen LogP contribution < -0.4 is 4.74 Å². The van der Waals surface area contributed by atoms with E-state index in [1.165, 1.54) is 19.1 Å². The Labute approximate surface area is 146 Å². The molecule has 0 aromatic heterocycles. The maximum absolute atomic E-state index is 12.5. The minimum atomic E-state index is -1.32. The normalized spacial score (nSPS) is 20.5. The highest BCUT2D eigenvalue weighted by Gasteiger charge is 2.46. The zero-order valence-corrected chi connectivity index (χ0v) is 14.8. The SMILES string of the molecule is CCC(=O)C1C(=O)C(OC)=C(OC)N(Cc2ccc(OC)cc2)C1O. The molecule has 2 atom stereocenters. The van der Waals surface area contributed by atoms with Crippen LogP contribution in [-0.4, -0.2) is 49.1 Å². The van der Waals surface area contributed by atoms with E-state index in [9.17, 15) is 14.7 Å². The summed E-state index contributed by atoms with van der Waals surface area (Å²) >= 11 is 0. The molecule has 1 aromatic rings. The van der Waals surface area contributed by atoms with Crippen molar-refractivity contribution < 1.29 is 28.9 Å². The Bertz CT molecular complexity index is 667. The first-order valence-electron chi connectivity index (χ1n) is 7.95. The summed E-state index contributed by atoms with van der Waals surface area (Å²) in [5, 5.41) is 10.7. The van der Waals surface area contributed by atoms with Crippen molar-refractivity contribution in [2.24, 2.45) is 5.92 Å². The van der Waals surface area contributed by atoms with Gasteiger partial charge in [0.15, 0.2) is 0 Å². The topological polar surface area (TPSA) is 85.3 Å². The Morgan fingerprint density at radius 2 is 1.76 bits per heavy atom. The van der Waals surface area contributed by atoms with E-state index in [4.69, 9.17) is 14.2 Å². The third kappa shape index (κ3) is 3.61. The molecular weight excluding hydrogens is 326 g/mol. The van der Waals surface area contributed by atoms with Crippen molar-refractivity contribution in [2.75, 3.05) is 21.3 Å². The number of rotatable bonds is 7. The lowest BCUT2D eigenvalue weighted by Crippen LogP contribution is -2.51. The summed E-state index contributed by atoms with van der Waals surface area (Å²) in [4.78, 5) is 26.2. The number of benzene rings is 1. The van der Waals surface area contributed by atoms with Crippen LogP contribution in [0.25, 0.3) is 0 Å². The Balaban J connectivity index is 2.41. The molecule has 2 rings (SSSR count). The molecule has 136 valence electrons. The third-order valence-corrected chi connectivity index (χ3v) is 4.18. The summed E-state index contributed by atoms with van der Waals surface area (Å²) in [5.74, 6) is -1.36. The number of methoxy groups -OCH3 is 3. The Kier molecular flexibility index (Phi) is 6.03. The predicted molar refractivity (Wildman–Crippen MR) is 89.4 cm³/mol. The van der Waals surface area contributed by atoms with Crippen molar-refractivity contribution in [3.8, 4) is 5.75 Å². The van der Waals surface area contributed by atoms with E-state index in [1.54, 1.807) is 26.2 Å². The van der Waals surface area contributed by atoms with Gasteiger partial charge in [0.25, 0.3) is 0 Å². The van der Waals surface area contributed by atoms with Crippen LogP contribution >= 0.6 is 0 Å². The van der Waals surface area contributed by atoms with Gasteiger partial charge in [-0.3, -0.25) is 9.59 Å². The summed E-state index contributed by atoms with van der Waals surface area (Å²) in [7, 11) is 4.30. The molecule has 1 N–H and O–H groups in total. The largest absolute Gasteiger partial charge is 0.497 e. The van der Waals surface area contributed by atoms with Crippen LogP contribution in [0.2, 0.25) is 0 Å². The number of Topliss-reactive ketones (excluding diaryl/α,β-unsaturated/α-hetero) is 2. The van der Waals surface area contributed by atoms with Crippen molar-refractivity contribution in [1.82, 2.24) is 4.90 Å². The molecular formula is C18H23NO6. The van der Waals surface area contributed by atoms with Gasteiger partial charge in [0, 0.05) is 13.0 Å². The molecule has 1 heterocycles. The quantitative estimate of drug-likeness (QED) is 0.746. The van der Waals surface area contributed by atoms with Gasteiger partial charge in [0.05, 0.1) is 21.3 Å². The van der Waals surface area contributed by atoms with E-state index >= 15 is 0 Å². The van der Waals surface area contributed by atoms with Gasteiger partial charge in [-0.05, 0) is 17.7 Å². The minimum absolute atomic E-state index is 0.0619. The van der Waals surface area contributed by atoms with E-state index in [0.29, 0.717) is 5.75 Å². The lowest BCUT2D eigenvalue weighted by atomic mass is 9.90. The highest BCUT2D eigenvalue weighted by molar-refractivity contribution is 6.10. The molecule has 7 nitrogen and oxygen atoms in total. The summed E-state index contributed by atoms with van der Waals surface area (Å²) in [5.41, 5.74) is 0.849. The fourth-order valence-electron chi connectivity index (χ4n) is 2.84. The van der Waals surface area contributed by atoms with Gasteiger partial charge in [-0.2, -0.15) is 0 Å². The van der Waals surface area contributed by atoms with E-state index in [2.05, 4.69) is 0 Å². The van der Waals surface area contributed by atoms with E-state index < -0.39 is 17.9 Å². The van der Waals surface area contributed by atoms with Crippen LogP contribution in [0.3, 0.4) is 0 Å². The molecule has 0 saturated carbocycles. The summed E-state index contributed by atoms with van der Waals surface area (Å²) in [6.45, 7) is 1.89. The molecule has 0 spiro atoms. The fourth-order valence-corrected chi connectivity index (χ4v) is 2.84. The Morgan fingerprint density at radius 1 is 1.12 bits per heavy atom. The number of hydrogen-bond donors (Lipinski definition) is 1. The van der Waals surface area contributed by atoms with Crippen LogP contribution in [-0.2, 0) is 25.6 Å². The lowest BCUT2D eigenvalue weighted by molar-refractivity contribution is -0.150. The molecule has 0 amide bonds. The Morgan fingerprint density at radius 3 is 2.24 bits per heavy atom. The highest BCUT2D eigenvalue weighted by Crippen LogP contribution is 2.31. The van der Waals surface area contributed by atoms with Gasteiger partial charge in [0.2, 0.25) is 17.4 Å². The molecule has 1 aromatic carbocycles. The number of carbonyl (C=O) groups is 2. The zero-order valence-electron chi connectivity index (χ0n) is 14.8. The number of aliphatic hydroxyl groups is 1. The first kappa shape index (κ1) is 18.8. The Hall–Kier alpha value is -2.54. The monoisotopic (exact) mass is 349 g/mol. The van der Waals surface area contributed by atoms with Gasteiger partial charge in [0.1, 0.15) is 23.7 Å².